The standard InChI is InChI=1S/C15H17N3O7S/c1-7(19)17-10(15(24)25)5-26-6-11(20)18-12-8(13(16)21)3-2-4-9(12)14(22)23/h2-4,10H,5-6H2,1H3,(H2,16,21)(H,17,19)(H,18,20)(H,22,23)(H,24,25). The van der Waals surface area contributed by atoms with Crippen LogP contribution in [-0.4, -0.2) is 57.4 Å². The molecule has 0 heterocycles. The van der Waals surface area contributed by atoms with Crippen molar-refractivity contribution in [3.63, 3.8) is 0 Å². The minimum absolute atomic E-state index is 0.0778. The van der Waals surface area contributed by atoms with E-state index in [1.54, 1.807) is 0 Å². The number of nitrogens with two attached hydrogens (primary N) is 1. The first kappa shape index (κ1) is 21.0. The van der Waals surface area contributed by atoms with Gasteiger partial charge in [-0.05, 0) is 12.1 Å². The summed E-state index contributed by atoms with van der Waals surface area (Å²) in [5, 5.41) is 22.7. The molecule has 0 fully saturated rings. The Morgan fingerprint density at radius 2 is 1.77 bits per heavy atom. The maximum Gasteiger partial charge on any atom is 0.337 e. The Balaban J connectivity index is 2.79. The molecule has 10 nitrogen and oxygen atoms in total. The second kappa shape index (κ2) is 9.42. The van der Waals surface area contributed by atoms with Gasteiger partial charge in [0.25, 0.3) is 5.91 Å². The zero-order valence-electron chi connectivity index (χ0n) is 13.6. The number of aromatic carboxylic acids is 1. The molecule has 1 aromatic rings. The average Bonchev–Trinajstić information content (AvgIpc) is 2.53. The number of carboxylic acid groups (broad SMARTS) is 2. The fourth-order valence-corrected chi connectivity index (χ4v) is 2.77. The lowest BCUT2D eigenvalue weighted by Gasteiger charge is -2.14. The summed E-state index contributed by atoms with van der Waals surface area (Å²) in [4.78, 5) is 56.6. The molecule has 0 aliphatic rings. The summed E-state index contributed by atoms with van der Waals surface area (Å²) in [5.74, 6) is -5.00. The van der Waals surface area contributed by atoms with Gasteiger partial charge in [-0.25, -0.2) is 9.59 Å². The zero-order chi connectivity index (χ0) is 19.9. The number of thioether (sulfide) groups is 1. The summed E-state index contributed by atoms with van der Waals surface area (Å²) in [6.07, 6.45) is 0. The molecule has 0 saturated heterocycles. The van der Waals surface area contributed by atoms with E-state index in [2.05, 4.69) is 10.6 Å². The van der Waals surface area contributed by atoms with E-state index in [0.717, 1.165) is 11.8 Å². The lowest BCUT2D eigenvalue weighted by Crippen LogP contribution is -2.41. The number of rotatable bonds is 9. The Morgan fingerprint density at radius 1 is 1.15 bits per heavy atom. The molecular formula is C15H17N3O7S. The molecule has 1 aromatic carbocycles. The number of benzene rings is 1. The predicted octanol–water partition coefficient (Wildman–Crippen LogP) is -0.255. The van der Waals surface area contributed by atoms with Crippen LogP contribution in [0.15, 0.2) is 18.2 Å². The van der Waals surface area contributed by atoms with Crippen LogP contribution in [0.5, 0.6) is 0 Å². The fraction of sp³-hybridized carbons (Fsp3) is 0.267. The largest absolute Gasteiger partial charge is 0.480 e. The van der Waals surface area contributed by atoms with Crippen molar-refractivity contribution in [1.82, 2.24) is 5.32 Å². The van der Waals surface area contributed by atoms with Gasteiger partial charge in [0.05, 0.1) is 22.6 Å². The van der Waals surface area contributed by atoms with Crippen LogP contribution in [0.2, 0.25) is 0 Å². The zero-order valence-corrected chi connectivity index (χ0v) is 14.5. The number of aliphatic carboxylic acids is 1. The molecule has 0 aliphatic carbocycles. The van der Waals surface area contributed by atoms with Crippen LogP contribution in [0.4, 0.5) is 5.69 Å². The number of amides is 3. The molecule has 1 unspecified atom stereocenters. The molecule has 0 radical (unpaired) electrons. The van der Waals surface area contributed by atoms with Crippen molar-refractivity contribution in [2.45, 2.75) is 13.0 Å². The third kappa shape index (κ3) is 6.09. The first-order valence-electron chi connectivity index (χ1n) is 7.17. The highest BCUT2D eigenvalue weighted by Gasteiger charge is 2.21. The summed E-state index contributed by atoms with van der Waals surface area (Å²) < 4.78 is 0. The SMILES string of the molecule is CC(=O)NC(CSCC(=O)Nc1c(C(N)=O)cccc1C(=O)O)C(=O)O. The number of hydrogen-bond acceptors (Lipinski definition) is 6. The van der Waals surface area contributed by atoms with Gasteiger partial charge in [0.15, 0.2) is 0 Å². The lowest BCUT2D eigenvalue weighted by molar-refractivity contribution is -0.140. The number of primary amides is 1. The average molecular weight is 383 g/mol. The maximum absolute atomic E-state index is 12.0. The van der Waals surface area contributed by atoms with Gasteiger partial charge in [0.1, 0.15) is 6.04 Å². The number of carbonyl (C=O) groups is 5. The summed E-state index contributed by atoms with van der Waals surface area (Å²) >= 11 is 0.916. The number of carboxylic acids is 2. The van der Waals surface area contributed by atoms with Gasteiger partial charge < -0.3 is 26.6 Å². The van der Waals surface area contributed by atoms with Crippen LogP contribution in [0.3, 0.4) is 0 Å². The highest BCUT2D eigenvalue weighted by Crippen LogP contribution is 2.21. The van der Waals surface area contributed by atoms with E-state index in [1.165, 1.54) is 25.1 Å². The van der Waals surface area contributed by atoms with E-state index in [1.807, 2.05) is 0 Å². The molecule has 0 spiro atoms. The fourth-order valence-electron chi connectivity index (χ4n) is 1.94. The van der Waals surface area contributed by atoms with E-state index < -0.39 is 35.7 Å². The number of carbonyl (C=O) groups excluding carboxylic acids is 3. The van der Waals surface area contributed by atoms with Crippen molar-refractivity contribution in [3.8, 4) is 0 Å². The number of nitrogens with one attached hydrogen (secondary N) is 2. The van der Waals surface area contributed by atoms with Crippen molar-refractivity contribution in [3.05, 3.63) is 29.3 Å². The Labute approximate surface area is 152 Å². The van der Waals surface area contributed by atoms with Gasteiger partial charge in [-0.1, -0.05) is 6.07 Å². The number of hydrogen-bond donors (Lipinski definition) is 5. The summed E-state index contributed by atoms with van der Waals surface area (Å²) in [7, 11) is 0. The molecule has 1 rings (SSSR count). The van der Waals surface area contributed by atoms with Crippen molar-refractivity contribution in [1.29, 1.82) is 0 Å². The Hall–Kier alpha value is -3.08. The van der Waals surface area contributed by atoms with Crippen molar-refractivity contribution < 1.29 is 34.2 Å². The van der Waals surface area contributed by atoms with Crippen molar-refractivity contribution in [2.75, 3.05) is 16.8 Å². The van der Waals surface area contributed by atoms with Gasteiger partial charge in [0, 0.05) is 12.7 Å². The normalized spacial score (nSPS) is 11.3. The van der Waals surface area contributed by atoms with Crippen LogP contribution in [-0.2, 0) is 14.4 Å². The third-order valence-corrected chi connectivity index (χ3v) is 4.05. The molecule has 0 aliphatic heterocycles. The quantitative estimate of drug-likeness (QED) is 0.387. The molecule has 0 bridgehead atoms. The smallest absolute Gasteiger partial charge is 0.337 e. The highest BCUT2D eigenvalue weighted by molar-refractivity contribution is 8.00. The Morgan fingerprint density at radius 3 is 2.27 bits per heavy atom. The lowest BCUT2D eigenvalue weighted by atomic mass is 10.1. The molecule has 140 valence electrons. The highest BCUT2D eigenvalue weighted by atomic mass is 32.2. The minimum atomic E-state index is -1.35. The van der Waals surface area contributed by atoms with Crippen LogP contribution >= 0.6 is 11.8 Å². The molecule has 3 amide bonds. The minimum Gasteiger partial charge on any atom is -0.480 e. The first-order valence-corrected chi connectivity index (χ1v) is 8.32. The van der Waals surface area contributed by atoms with Crippen LogP contribution in [0.1, 0.15) is 27.6 Å². The van der Waals surface area contributed by atoms with E-state index in [-0.39, 0.29) is 28.3 Å². The van der Waals surface area contributed by atoms with Crippen LogP contribution in [0.25, 0.3) is 0 Å². The summed E-state index contributed by atoms with van der Waals surface area (Å²) in [6, 6.07) is 2.63. The third-order valence-electron chi connectivity index (χ3n) is 3.02. The molecule has 1 atom stereocenters. The molecule has 11 heteroatoms. The van der Waals surface area contributed by atoms with Gasteiger partial charge in [-0.3, -0.25) is 14.4 Å². The topological polar surface area (TPSA) is 176 Å². The van der Waals surface area contributed by atoms with Gasteiger partial charge in [-0.2, -0.15) is 0 Å². The van der Waals surface area contributed by atoms with Gasteiger partial charge in [0.2, 0.25) is 11.8 Å². The maximum atomic E-state index is 12.0. The molecule has 6 N–H and O–H groups in total. The van der Waals surface area contributed by atoms with E-state index in [9.17, 15) is 24.0 Å². The van der Waals surface area contributed by atoms with Crippen molar-refractivity contribution in [2.24, 2.45) is 5.73 Å². The molecule has 0 aromatic heterocycles. The molecule has 26 heavy (non-hydrogen) atoms. The Bertz CT molecular complexity index is 719. The summed E-state index contributed by atoms with van der Waals surface area (Å²) in [5.41, 5.74) is 4.49. The van der Waals surface area contributed by atoms with E-state index >= 15 is 0 Å². The second-order valence-corrected chi connectivity index (χ2v) is 6.08. The number of para-hydroxylation sites is 1. The van der Waals surface area contributed by atoms with E-state index in [0.29, 0.717) is 0 Å². The first-order chi connectivity index (χ1) is 12.1. The van der Waals surface area contributed by atoms with Gasteiger partial charge in [-0.15, -0.1) is 11.8 Å². The Kier molecular flexibility index (Phi) is 7.59. The molecular weight excluding hydrogens is 366 g/mol. The summed E-state index contributed by atoms with van der Waals surface area (Å²) in [6.45, 7) is 1.17. The monoisotopic (exact) mass is 383 g/mol. The van der Waals surface area contributed by atoms with Gasteiger partial charge >= 0.3 is 11.9 Å². The van der Waals surface area contributed by atoms with Crippen LogP contribution < -0.4 is 16.4 Å². The van der Waals surface area contributed by atoms with Crippen LogP contribution in [0, 0.1) is 0 Å². The van der Waals surface area contributed by atoms with E-state index in [4.69, 9.17) is 15.9 Å². The second-order valence-electron chi connectivity index (χ2n) is 5.05. The predicted molar refractivity (Wildman–Crippen MR) is 93.1 cm³/mol. The molecule has 0 saturated carbocycles. The van der Waals surface area contributed by atoms with Crippen molar-refractivity contribution >= 4 is 47.1 Å². The number of anilines is 1.